The van der Waals surface area contributed by atoms with Crippen LogP contribution in [0, 0.1) is 5.92 Å². The number of carbonyl (C=O) groups excluding carboxylic acids is 1. The quantitative estimate of drug-likeness (QED) is 0.786. The number of hydrogen-bond donors (Lipinski definition) is 0. The van der Waals surface area contributed by atoms with Crippen LogP contribution in [0.2, 0.25) is 0 Å². The van der Waals surface area contributed by atoms with Gasteiger partial charge in [0.05, 0.1) is 12.2 Å². The SMILES string of the molecule is CCOC(=O)c1ccnc(C(F)(F)C2CCCCC2)c1. The normalized spacial score (nSPS) is 16.9. The Morgan fingerprint density at radius 3 is 2.75 bits per heavy atom. The Morgan fingerprint density at radius 2 is 2.10 bits per heavy atom. The van der Waals surface area contributed by atoms with Gasteiger partial charge in [0.2, 0.25) is 0 Å². The van der Waals surface area contributed by atoms with E-state index in [1.807, 2.05) is 0 Å². The van der Waals surface area contributed by atoms with E-state index in [1.165, 1.54) is 12.3 Å². The topological polar surface area (TPSA) is 39.2 Å². The molecular weight excluding hydrogens is 264 g/mol. The van der Waals surface area contributed by atoms with E-state index in [4.69, 9.17) is 4.74 Å². The Balaban J connectivity index is 2.22. The maximum absolute atomic E-state index is 14.5. The predicted molar refractivity (Wildman–Crippen MR) is 70.7 cm³/mol. The fourth-order valence-corrected chi connectivity index (χ4v) is 2.63. The van der Waals surface area contributed by atoms with Crippen LogP contribution in [0.1, 0.15) is 55.1 Å². The Labute approximate surface area is 117 Å². The summed E-state index contributed by atoms with van der Waals surface area (Å²) in [5.74, 6) is -4.25. The van der Waals surface area contributed by atoms with Gasteiger partial charge in [0.25, 0.3) is 5.92 Å². The molecule has 0 atom stereocenters. The summed E-state index contributed by atoms with van der Waals surface area (Å²) in [4.78, 5) is 15.4. The highest BCUT2D eigenvalue weighted by molar-refractivity contribution is 5.89. The highest BCUT2D eigenvalue weighted by Crippen LogP contribution is 2.42. The second-order valence-electron chi connectivity index (χ2n) is 5.11. The number of halogens is 2. The van der Waals surface area contributed by atoms with E-state index in [-0.39, 0.29) is 17.9 Å². The molecule has 0 radical (unpaired) electrons. The van der Waals surface area contributed by atoms with Crippen LogP contribution in [-0.4, -0.2) is 17.6 Å². The zero-order chi connectivity index (χ0) is 14.6. The highest BCUT2D eigenvalue weighted by atomic mass is 19.3. The van der Waals surface area contributed by atoms with Crippen molar-refractivity contribution in [2.75, 3.05) is 6.61 Å². The van der Waals surface area contributed by atoms with Crippen LogP contribution in [0.15, 0.2) is 18.3 Å². The van der Waals surface area contributed by atoms with Crippen LogP contribution < -0.4 is 0 Å². The first-order valence-corrected chi connectivity index (χ1v) is 7.07. The third-order valence-corrected chi connectivity index (χ3v) is 3.73. The van der Waals surface area contributed by atoms with Crippen molar-refractivity contribution in [2.45, 2.75) is 45.0 Å². The third-order valence-electron chi connectivity index (χ3n) is 3.73. The Kier molecular flexibility index (Phi) is 4.68. The van der Waals surface area contributed by atoms with Crippen molar-refractivity contribution >= 4 is 5.97 Å². The maximum atomic E-state index is 14.5. The van der Waals surface area contributed by atoms with Gasteiger partial charge in [0, 0.05) is 12.1 Å². The van der Waals surface area contributed by atoms with E-state index < -0.39 is 17.8 Å². The van der Waals surface area contributed by atoms with Crippen molar-refractivity contribution in [1.29, 1.82) is 0 Å². The molecule has 0 N–H and O–H groups in total. The number of hydrogen-bond acceptors (Lipinski definition) is 3. The molecule has 0 bridgehead atoms. The van der Waals surface area contributed by atoms with Crippen LogP contribution in [-0.2, 0) is 10.7 Å². The molecule has 5 heteroatoms. The molecule has 1 heterocycles. The molecular formula is C15H19F2NO2. The first-order chi connectivity index (χ1) is 9.55. The molecule has 0 saturated heterocycles. The number of ether oxygens (including phenoxy) is 1. The van der Waals surface area contributed by atoms with Crippen molar-refractivity contribution in [3.05, 3.63) is 29.6 Å². The van der Waals surface area contributed by atoms with Crippen LogP contribution in [0.25, 0.3) is 0 Å². The molecule has 0 aromatic carbocycles. The monoisotopic (exact) mass is 283 g/mol. The van der Waals surface area contributed by atoms with Gasteiger partial charge in [-0.25, -0.2) is 4.79 Å². The third kappa shape index (κ3) is 3.14. The summed E-state index contributed by atoms with van der Waals surface area (Å²) in [6.45, 7) is 1.89. The first kappa shape index (κ1) is 14.9. The van der Waals surface area contributed by atoms with Crippen molar-refractivity contribution in [1.82, 2.24) is 4.98 Å². The molecule has 0 aliphatic heterocycles. The summed E-state index contributed by atoms with van der Waals surface area (Å²) in [7, 11) is 0. The standard InChI is InChI=1S/C15H19F2NO2/c1-2-20-14(19)11-8-9-18-13(10-11)15(16,17)12-6-4-3-5-7-12/h8-10,12H,2-7H2,1H3. The van der Waals surface area contributed by atoms with Crippen molar-refractivity contribution in [2.24, 2.45) is 5.92 Å². The Hall–Kier alpha value is -1.52. The molecule has 1 aromatic rings. The smallest absolute Gasteiger partial charge is 0.338 e. The average molecular weight is 283 g/mol. The fraction of sp³-hybridized carbons (Fsp3) is 0.600. The Bertz CT molecular complexity index is 471. The van der Waals surface area contributed by atoms with Gasteiger partial charge in [-0.1, -0.05) is 19.3 Å². The minimum atomic E-state index is -2.98. The lowest BCUT2D eigenvalue weighted by molar-refractivity contribution is -0.0814. The van der Waals surface area contributed by atoms with Gasteiger partial charge in [-0.05, 0) is 31.9 Å². The lowest BCUT2D eigenvalue weighted by Gasteiger charge is -2.29. The first-order valence-electron chi connectivity index (χ1n) is 7.07. The number of esters is 1. The second-order valence-corrected chi connectivity index (χ2v) is 5.11. The fourth-order valence-electron chi connectivity index (χ4n) is 2.63. The average Bonchev–Trinajstić information content (AvgIpc) is 2.48. The zero-order valence-electron chi connectivity index (χ0n) is 11.6. The Morgan fingerprint density at radius 1 is 1.40 bits per heavy atom. The summed E-state index contributed by atoms with van der Waals surface area (Å²) in [5.41, 5.74) is -0.192. The number of rotatable bonds is 4. The van der Waals surface area contributed by atoms with Crippen LogP contribution >= 0.6 is 0 Å². The molecule has 1 saturated carbocycles. The largest absolute Gasteiger partial charge is 0.462 e. The molecule has 1 aliphatic rings. The summed E-state index contributed by atoms with van der Waals surface area (Å²) in [6, 6.07) is 2.56. The molecule has 3 nitrogen and oxygen atoms in total. The van der Waals surface area contributed by atoms with E-state index in [1.54, 1.807) is 6.92 Å². The summed E-state index contributed by atoms with van der Waals surface area (Å²) in [6.07, 6.45) is 4.95. The molecule has 0 amide bonds. The lowest BCUT2D eigenvalue weighted by Crippen LogP contribution is -2.29. The molecule has 20 heavy (non-hydrogen) atoms. The molecule has 0 spiro atoms. The van der Waals surface area contributed by atoms with Gasteiger partial charge < -0.3 is 4.74 Å². The molecule has 1 fully saturated rings. The number of carbonyl (C=O) groups is 1. The van der Waals surface area contributed by atoms with E-state index in [0.717, 1.165) is 25.3 Å². The predicted octanol–water partition coefficient (Wildman–Crippen LogP) is 3.93. The minimum absolute atomic E-state index is 0.132. The van der Waals surface area contributed by atoms with Gasteiger partial charge >= 0.3 is 5.97 Å². The van der Waals surface area contributed by atoms with Crippen molar-refractivity contribution < 1.29 is 18.3 Å². The molecule has 1 aromatic heterocycles. The van der Waals surface area contributed by atoms with Gasteiger partial charge in [0.1, 0.15) is 5.69 Å². The molecule has 0 unspecified atom stereocenters. The molecule has 110 valence electrons. The van der Waals surface area contributed by atoms with E-state index >= 15 is 0 Å². The number of nitrogens with zero attached hydrogens (tertiary/aromatic N) is 1. The maximum Gasteiger partial charge on any atom is 0.338 e. The lowest BCUT2D eigenvalue weighted by atomic mass is 9.83. The van der Waals surface area contributed by atoms with Crippen LogP contribution in [0.3, 0.4) is 0 Å². The molecule has 1 aliphatic carbocycles. The second kappa shape index (κ2) is 6.29. The van der Waals surface area contributed by atoms with Crippen molar-refractivity contribution in [3.8, 4) is 0 Å². The number of pyridine rings is 1. The van der Waals surface area contributed by atoms with E-state index in [0.29, 0.717) is 12.8 Å². The van der Waals surface area contributed by atoms with Gasteiger partial charge in [-0.15, -0.1) is 0 Å². The van der Waals surface area contributed by atoms with Gasteiger partial charge in [-0.2, -0.15) is 8.78 Å². The number of aromatic nitrogens is 1. The van der Waals surface area contributed by atoms with Crippen LogP contribution in [0.4, 0.5) is 8.78 Å². The van der Waals surface area contributed by atoms with E-state index in [2.05, 4.69) is 4.98 Å². The number of alkyl halides is 2. The highest BCUT2D eigenvalue weighted by Gasteiger charge is 2.43. The van der Waals surface area contributed by atoms with Gasteiger partial charge in [0.15, 0.2) is 0 Å². The zero-order valence-corrected chi connectivity index (χ0v) is 11.6. The summed E-state index contributed by atoms with van der Waals surface area (Å²) >= 11 is 0. The van der Waals surface area contributed by atoms with Crippen LogP contribution in [0.5, 0.6) is 0 Å². The summed E-state index contributed by atoms with van der Waals surface area (Å²) < 4.78 is 33.7. The molecule has 2 rings (SSSR count). The van der Waals surface area contributed by atoms with Gasteiger partial charge in [-0.3, -0.25) is 4.98 Å². The van der Waals surface area contributed by atoms with Crippen molar-refractivity contribution in [3.63, 3.8) is 0 Å². The minimum Gasteiger partial charge on any atom is -0.462 e. The summed E-state index contributed by atoms with van der Waals surface area (Å²) in [5, 5.41) is 0. The van der Waals surface area contributed by atoms with E-state index in [9.17, 15) is 13.6 Å².